The van der Waals surface area contributed by atoms with Crippen molar-refractivity contribution < 1.29 is 24.5 Å². The third-order valence-corrected chi connectivity index (χ3v) is 10.3. The zero-order chi connectivity index (χ0) is 40.8. The molecule has 56 heavy (non-hydrogen) atoms. The molecule has 2 unspecified atom stereocenters. The SMILES string of the molecule is CCCC/C=C\C/C=C\CCCCCCCC(=O)OCCCCC/C=C\C=C/CCCCCCCCC(=O)NC(CO)C(O)/C=C/CCCCCCCCCC. The fraction of sp³-hybridized carbons (Fsp3) is 0.760. The van der Waals surface area contributed by atoms with Crippen LogP contribution < -0.4 is 5.32 Å². The molecule has 0 aliphatic rings. The van der Waals surface area contributed by atoms with E-state index in [9.17, 15) is 19.8 Å². The summed E-state index contributed by atoms with van der Waals surface area (Å²) in [6, 6.07) is -0.644. The Kier molecular flexibility index (Phi) is 43.3. The van der Waals surface area contributed by atoms with E-state index in [4.69, 9.17) is 4.74 Å². The molecule has 6 heteroatoms. The fourth-order valence-corrected chi connectivity index (χ4v) is 6.58. The van der Waals surface area contributed by atoms with Gasteiger partial charge in [-0.15, -0.1) is 0 Å². The largest absolute Gasteiger partial charge is 0.466 e. The Morgan fingerprint density at radius 1 is 0.518 bits per heavy atom. The van der Waals surface area contributed by atoms with E-state index in [1.165, 1.54) is 103 Å². The van der Waals surface area contributed by atoms with Crippen molar-refractivity contribution in [2.45, 2.75) is 231 Å². The van der Waals surface area contributed by atoms with Crippen molar-refractivity contribution in [2.75, 3.05) is 13.2 Å². The molecule has 324 valence electrons. The normalized spacial score (nSPS) is 13.3. The van der Waals surface area contributed by atoms with Gasteiger partial charge in [-0.25, -0.2) is 0 Å². The molecule has 0 heterocycles. The van der Waals surface area contributed by atoms with Crippen LogP contribution in [-0.2, 0) is 14.3 Å². The highest BCUT2D eigenvalue weighted by Gasteiger charge is 2.18. The van der Waals surface area contributed by atoms with Gasteiger partial charge < -0.3 is 20.3 Å². The number of hydrogen-bond donors (Lipinski definition) is 3. The molecule has 0 bridgehead atoms. The Labute approximate surface area is 346 Å². The minimum Gasteiger partial charge on any atom is -0.466 e. The summed E-state index contributed by atoms with van der Waals surface area (Å²) < 4.78 is 5.42. The van der Waals surface area contributed by atoms with Gasteiger partial charge in [0, 0.05) is 12.8 Å². The van der Waals surface area contributed by atoms with Crippen LogP contribution >= 0.6 is 0 Å². The second kappa shape index (κ2) is 45.3. The first-order chi connectivity index (χ1) is 27.5. The van der Waals surface area contributed by atoms with Crippen LogP contribution in [0.3, 0.4) is 0 Å². The lowest BCUT2D eigenvalue weighted by molar-refractivity contribution is -0.143. The van der Waals surface area contributed by atoms with Gasteiger partial charge in [-0.2, -0.15) is 0 Å². The van der Waals surface area contributed by atoms with E-state index in [1.54, 1.807) is 6.08 Å². The van der Waals surface area contributed by atoms with E-state index in [-0.39, 0.29) is 18.5 Å². The van der Waals surface area contributed by atoms with Crippen molar-refractivity contribution in [3.8, 4) is 0 Å². The van der Waals surface area contributed by atoms with E-state index in [2.05, 4.69) is 67.8 Å². The van der Waals surface area contributed by atoms with Crippen LogP contribution in [0.2, 0.25) is 0 Å². The van der Waals surface area contributed by atoms with Crippen LogP contribution in [0.5, 0.6) is 0 Å². The molecule has 0 saturated heterocycles. The molecule has 0 aromatic rings. The molecule has 0 aliphatic carbocycles. The third-order valence-electron chi connectivity index (χ3n) is 10.3. The molecule has 6 nitrogen and oxygen atoms in total. The summed E-state index contributed by atoms with van der Waals surface area (Å²) in [5.74, 6) is -0.135. The van der Waals surface area contributed by atoms with Gasteiger partial charge in [0.15, 0.2) is 0 Å². The Balaban J connectivity index is 3.57. The highest BCUT2D eigenvalue weighted by molar-refractivity contribution is 5.76. The first kappa shape index (κ1) is 53.6. The van der Waals surface area contributed by atoms with Gasteiger partial charge in [0.25, 0.3) is 0 Å². The van der Waals surface area contributed by atoms with E-state index in [0.717, 1.165) is 89.9 Å². The molecule has 0 aromatic carbocycles. The maximum atomic E-state index is 12.4. The van der Waals surface area contributed by atoms with Gasteiger partial charge >= 0.3 is 5.97 Å². The molecular formula is C50H89NO5. The molecule has 0 aromatic heterocycles. The predicted octanol–water partition coefficient (Wildman–Crippen LogP) is 13.7. The van der Waals surface area contributed by atoms with E-state index in [0.29, 0.717) is 19.4 Å². The number of carbonyl (C=O) groups is 2. The average Bonchev–Trinajstić information content (AvgIpc) is 3.20. The number of unbranched alkanes of at least 4 members (excludes halogenated alkanes) is 24. The summed E-state index contributed by atoms with van der Waals surface area (Å²) >= 11 is 0. The fourth-order valence-electron chi connectivity index (χ4n) is 6.58. The van der Waals surface area contributed by atoms with Gasteiger partial charge in [-0.05, 0) is 89.9 Å². The first-order valence-corrected chi connectivity index (χ1v) is 23.6. The maximum Gasteiger partial charge on any atom is 0.305 e. The maximum absolute atomic E-state index is 12.4. The topological polar surface area (TPSA) is 95.9 Å². The van der Waals surface area contributed by atoms with Gasteiger partial charge in [-0.1, -0.05) is 177 Å². The zero-order valence-electron chi connectivity index (χ0n) is 36.6. The second-order valence-electron chi connectivity index (χ2n) is 15.8. The summed E-state index contributed by atoms with van der Waals surface area (Å²) in [6.45, 7) is 4.75. The lowest BCUT2D eigenvalue weighted by Crippen LogP contribution is -2.45. The number of rotatable bonds is 42. The van der Waals surface area contributed by atoms with Crippen LogP contribution in [0.1, 0.15) is 219 Å². The molecule has 0 rings (SSSR count). The number of amides is 1. The number of allylic oxidation sites excluding steroid dienone is 9. The lowest BCUT2D eigenvalue weighted by Gasteiger charge is -2.20. The van der Waals surface area contributed by atoms with Gasteiger partial charge in [-0.3, -0.25) is 9.59 Å². The van der Waals surface area contributed by atoms with Gasteiger partial charge in [0.1, 0.15) is 0 Å². The first-order valence-electron chi connectivity index (χ1n) is 23.6. The lowest BCUT2D eigenvalue weighted by atomic mass is 10.1. The molecular weight excluding hydrogens is 695 g/mol. The summed E-state index contributed by atoms with van der Waals surface area (Å²) in [5, 5.41) is 22.9. The van der Waals surface area contributed by atoms with Crippen molar-refractivity contribution in [1.82, 2.24) is 5.32 Å². The van der Waals surface area contributed by atoms with Crippen LogP contribution in [0.25, 0.3) is 0 Å². The molecule has 0 saturated carbocycles. The highest BCUT2D eigenvalue weighted by Crippen LogP contribution is 2.13. The number of nitrogens with one attached hydrogen (secondary N) is 1. The summed E-state index contributed by atoms with van der Waals surface area (Å²) in [6.07, 6.45) is 56.4. The molecule has 3 N–H and O–H groups in total. The van der Waals surface area contributed by atoms with Crippen LogP contribution in [0.15, 0.2) is 60.8 Å². The Morgan fingerprint density at radius 3 is 1.52 bits per heavy atom. The number of aliphatic hydroxyl groups excluding tert-OH is 2. The molecule has 0 fully saturated rings. The summed E-state index contributed by atoms with van der Waals surface area (Å²) in [5.41, 5.74) is 0. The Bertz CT molecular complexity index is 999. The van der Waals surface area contributed by atoms with E-state index >= 15 is 0 Å². The van der Waals surface area contributed by atoms with E-state index in [1.807, 2.05) is 6.08 Å². The molecule has 0 radical (unpaired) electrons. The van der Waals surface area contributed by atoms with Crippen molar-refractivity contribution in [1.29, 1.82) is 0 Å². The quantitative estimate of drug-likeness (QED) is 0.0248. The van der Waals surface area contributed by atoms with E-state index < -0.39 is 12.1 Å². The second-order valence-corrected chi connectivity index (χ2v) is 15.8. The van der Waals surface area contributed by atoms with Crippen molar-refractivity contribution in [2.24, 2.45) is 0 Å². The van der Waals surface area contributed by atoms with Gasteiger partial charge in [0.05, 0.1) is 25.4 Å². The van der Waals surface area contributed by atoms with Crippen LogP contribution in [-0.4, -0.2) is 47.4 Å². The Morgan fingerprint density at radius 2 is 0.964 bits per heavy atom. The highest BCUT2D eigenvalue weighted by atomic mass is 16.5. The average molecular weight is 784 g/mol. The third kappa shape index (κ3) is 41.2. The molecule has 2 atom stereocenters. The predicted molar refractivity (Wildman–Crippen MR) is 241 cm³/mol. The summed E-state index contributed by atoms with van der Waals surface area (Å²) in [7, 11) is 0. The molecule has 0 aliphatic heterocycles. The number of aliphatic hydroxyl groups is 2. The Hall–Kier alpha value is -2.44. The van der Waals surface area contributed by atoms with Crippen LogP contribution in [0, 0.1) is 0 Å². The van der Waals surface area contributed by atoms with Crippen molar-refractivity contribution >= 4 is 11.9 Å². The zero-order valence-corrected chi connectivity index (χ0v) is 36.6. The van der Waals surface area contributed by atoms with Crippen molar-refractivity contribution in [3.63, 3.8) is 0 Å². The monoisotopic (exact) mass is 784 g/mol. The van der Waals surface area contributed by atoms with Crippen molar-refractivity contribution in [3.05, 3.63) is 60.8 Å². The number of hydrogen-bond acceptors (Lipinski definition) is 5. The molecule has 1 amide bonds. The number of carbonyl (C=O) groups excluding carboxylic acids is 2. The minimum atomic E-state index is -0.858. The number of esters is 1. The standard InChI is InChI=1S/C50H89NO5/c1-3-5-7-9-11-13-15-16-21-24-28-32-36-40-44-50(55)56-45-41-37-33-29-25-22-19-17-18-20-23-27-31-35-39-43-49(54)51-47(46-52)48(53)42-38-34-30-26-14-12-10-8-6-4-2/h9,11,15-17,19,22,25,38,42,47-48,52-53H,3-8,10,12-14,18,20-21,23-24,26-37,39-41,43-46H2,1-2H3,(H,51,54)/b11-9-,16-15-,19-17-,25-22-,42-38+. The van der Waals surface area contributed by atoms with Gasteiger partial charge in [0.2, 0.25) is 5.91 Å². The minimum absolute atomic E-state index is 0.0393. The smallest absolute Gasteiger partial charge is 0.305 e. The van der Waals surface area contributed by atoms with Crippen LogP contribution in [0.4, 0.5) is 0 Å². The molecule has 0 spiro atoms. The number of ether oxygens (including phenoxy) is 1. The summed E-state index contributed by atoms with van der Waals surface area (Å²) in [4.78, 5) is 24.3.